The zero-order chi connectivity index (χ0) is 22.4. The minimum Gasteiger partial charge on any atom is -0.383 e. The molecule has 0 unspecified atom stereocenters. The number of benzene rings is 1. The van der Waals surface area contributed by atoms with Crippen LogP contribution in [0.25, 0.3) is 0 Å². The summed E-state index contributed by atoms with van der Waals surface area (Å²) < 4.78 is 6.23. The first-order valence-electron chi connectivity index (χ1n) is 10.9. The van der Waals surface area contributed by atoms with Gasteiger partial charge in [0.05, 0.1) is 13.2 Å². The summed E-state index contributed by atoms with van der Waals surface area (Å²) in [6, 6.07) is 10.7. The largest absolute Gasteiger partial charge is 0.383 e. The SMILES string of the molecule is COCCn1nc(C(=O)N2CCC(C(=O)c3ccc(CC(C)C)cc3)CC2)ccc1=O. The van der Waals surface area contributed by atoms with Gasteiger partial charge in [-0.3, -0.25) is 14.4 Å². The van der Waals surface area contributed by atoms with Crippen LogP contribution < -0.4 is 5.56 Å². The Morgan fingerprint density at radius 1 is 1.10 bits per heavy atom. The molecule has 0 bridgehead atoms. The highest BCUT2D eigenvalue weighted by atomic mass is 16.5. The summed E-state index contributed by atoms with van der Waals surface area (Å²) in [5.74, 6) is 0.436. The number of aromatic nitrogens is 2. The normalized spacial score (nSPS) is 14.8. The average molecular weight is 426 g/mol. The van der Waals surface area contributed by atoms with Gasteiger partial charge in [0.1, 0.15) is 5.69 Å². The first-order valence-corrected chi connectivity index (χ1v) is 10.9. The van der Waals surface area contributed by atoms with E-state index in [1.54, 1.807) is 12.0 Å². The van der Waals surface area contributed by atoms with Gasteiger partial charge in [0.2, 0.25) is 0 Å². The van der Waals surface area contributed by atoms with Gasteiger partial charge < -0.3 is 9.64 Å². The number of hydrogen-bond acceptors (Lipinski definition) is 5. The smallest absolute Gasteiger partial charge is 0.274 e. The van der Waals surface area contributed by atoms with Crippen LogP contribution in [0.3, 0.4) is 0 Å². The lowest BCUT2D eigenvalue weighted by molar-refractivity contribution is 0.0642. The summed E-state index contributed by atoms with van der Waals surface area (Å²) in [4.78, 5) is 39.3. The number of Topliss-reactive ketones (excluding diaryl/α,β-unsaturated/α-hetero) is 1. The number of ketones is 1. The van der Waals surface area contributed by atoms with Crippen molar-refractivity contribution in [2.24, 2.45) is 11.8 Å². The number of hydrogen-bond donors (Lipinski definition) is 0. The van der Waals surface area contributed by atoms with Gasteiger partial charge in [-0.1, -0.05) is 38.1 Å². The average Bonchev–Trinajstić information content (AvgIpc) is 2.78. The predicted octanol–water partition coefficient (Wildman–Crippen LogP) is 2.82. The van der Waals surface area contributed by atoms with Crippen LogP contribution in [0.15, 0.2) is 41.2 Å². The Morgan fingerprint density at radius 3 is 2.39 bits per heavy atom. The number of piperidine rings is 1. The van der Waals surface area contributed by atoms with Crippen molar-refractivity contribution in [2.45, 2.75) is 39.7 Å². The molecule has 31 heavy (non-hydrogen) atoms. The van der Waals surface area contributed by atoms with Gasteiger partial charge >= 0.3 is 0 Å². The second-order valence-electron chi connectivity index (χ2n) is 8.50. The van der Waals surface area contributed by atoms with Crippen molar-refractivity contribution in [1.29, 1.82) is 0 Å². The Balaban J connectivity index is 1.59. The predicted molar refractivity (Wildman–Crippen MR) is 118 cm³/mol. The molecule has 1 aliphatic rings. The maximum absolute atomic E-state index is 12.9. The third-order valence-electron chi connectivity index (χ3n) is 5.63. The molecule has 1 saturated heterocycles. The molecule has 1 aromatic carbocycles. The lowest BCUT2D eigenvalue weighted by Crippen LogP contribution is -2.41. The highest BCUT2D eigenvalue weighted by Crippen LogP contribution is 2.23. The minimum absolute atomic E-state index is 0.0800. The minimum atomic E-state index is -0.266. The van der Waals surface area contributed by atoms with E-state index in [0.29, 0.717) is 45.0 Å². The molecule has 166 valence electrons. The van der Waals surface area contributed by atoms with Crippen LogP contribution in [-0.2, 0) is 17.7 Å². The fourth-order valence-electron chi connectivity index (χ4n) is 3.92. The third-order valence-corrected chi connectivity index (χ3v) is 5.63. The maximum atomic E-state index is 12.9. The molecular weight excluding hydrogens is 394 g/mol. The quantitative estimate of drug-likeness (QED) is 0.608. The van der Waals surface area contributed by atoms with E-state index in [1.165, 1.54) is 22.4 Å². The molecule has 1 aromatic heterocycles. The van der Waals surface area contributed by atoms with E-state index in [1.807, 2.05) is 24.3 Å². The Morgan fingerprint density at radius 2 is 1.77 bits per heavy atom. The number of nitrogens with zero attached hydrogens (tertiary/aromatic N) is 3. The summed E-state index contributed by atoms with van der Waals surface area (Å²) in [5.41, 5.74) is 1.95. The highest BCUT2D eigenvalue weighted by Gasteiger charge is 2.29. The standard InChI is InChI=1S/C24H31N3O4/c1-17(2)16-18-4-6-19(7-5-18)23(29)20-10-12-26(13-11-20)24(30)21-8-9-22(28)27(25-21)14-15-31-3/h4-9,17,20H,10-16H2,1-3H3. The highest BCUT2D eigenvalue weighted by molar-refractivity contribution is 5.98. The number of carbonyl (C=O) groups excluding carboxylic acids is 2. The van der Waals surface area contributed by atoms with Crippen molar-refractivity contribution < 1.29 is 14.3 Å². The number of rotatable bonds is 8. The fraction of sp³-hybridized carbons (Fsp3) is 0.500. The van der Waals surface area contributed by atoms with E-state index < -0.39 is 0 Å². The molecule has 0 aliphatic carbocycles. The summed E-state index contributed by atoms with van der Waals surface area (Å²) in [6.45, 7) is 5.99. The van der Waals surface area contributed by atoms with Gasteiger partial charge in [-0.05, 0) is 36.8 Å². The third kappa shape index (κ3) is 5.88. The Hall–Kier alpha value is -2.80. The molecule has 1 amide bonds. The van der Waals surface area contributed by atoms with Crippen LogP contribution in [0.4, 0.5) is 0 Å². The van der Waals surface area contributed by atoms with Crippen molar-refractivity contribution in [2.75, 3.05) is 26.8 Å². The maximum Gasteiger partial charge on any atom is 0.274 e. The van der Waals surface area contributed by atoms with E-state index in [-0.39, 0.29) is 28.9 Å². The lowest BCUT2D eigenvalue weighted by atomic mass is 9.88. The topological polar surface area (TPSA) is 81.5 Å². The first-order chi connectivity index (χ1) is 14.9. The molecule has 7 heteroatoms. The van der Waals surface area contributed by atoms with Crippen molar-refractivity contribution >= 4 is 11.7 Å². The molecule has 1 fully saturated rings. The summed E-state index contributed by atoms with van der Waals surface area (Å²) in [6.07, 6.45) is 2.26. The van der Waals surface area contributed by atoms with E-state index >= 15 is 0 Å². The first kappa shape index (κ1) is 22.9. The van der Waals surface area contributed by atoms with Crippen molar-refractivity contribution in [3.63, 3.8) is 0 Å². The summed E-state index contributed by atoms with van der Waals surface area (Å²) >= 11 is 0. The number of amides is 1. The zero-order valence-electron chi connectivity index (χ0n) is 18.5. The molecular formula is C24H31N3O4. The van der Waals surface area contributed by atoms with Crippen LogP contribution in [0.2, 0.25) is 0 Å². The zero-order valence-corrected chi connectivity index (χ0v) is 18.5. The van der Waals surface area contributed by atoms with Crippen molar-refractivity contribution in [1.82, 2.24) is 14.7 Å². The second-order valence-corrected chi connectivity index (χ2v) is 8.50. The molecule has 0 atom stereocenters. The van der Waals surface area contributed by atoms with Crippen LogP contribution in [0.1, 0.15) is 53.1 Å². The molecule has 0 N–H and O–H groups in total. The van der Waals surface area contributed by atoms with Gasteiger partial charge in [0.15, 0.2) is 5.78 Å². The Labute approximate surface area is 183 Å². The number of ether oxygens (including phenoxy) is 1. The van der Waals surface area contributed by atoms with E-state index in [2.05, 4.69) is 18.9 Å². The summed E-state index contributed by atoms with van der Waals surface area (Å²) in [7, 11) is 1.55. The molecule has 1 aliphatic heterocycles. The van der Waals surface area contributed by atoms with Gasteiger partial charge in [-0.25, -0.2) is 4.68 Å². The molecule has 0 saturated carbocycles. The molecule has 7 nitrogen and oxygen atoms in total. The monoisotopic (exact) mass is 425 g/mol. The van der Waals surface area contributed by atoms with Crippen LogP contribution in [-0.4, -0.2) is 53.2 Å². The van der Waals surface area contributed by atoms with Gasteiger partial charge in [-0.15, -0.1) is 0 Å². The number of carbonyl (C=O) groups is 2. The van der Waals surface area contributed by atoms with Gasteiger partial charge in [-0.2, -0.15) is 5.10 Å². The van der Waals surface area contributed by atoms with Crippen molar-refractivity contribution in [3.8, 4) is 0 Å². The van der Waals surface area contributed by atoms with Crippen LogP contribution in [0.5, 0.6) is 0 Å². The molecule has 0 spiro atoms. The van der Waals surface area contributed by atoms with E-state index in [9.17, 15) is 14.4 Å². The van der Waals surface area contributed by atoms with Crippen molar-refractivity contribution in [3.05, 3.63) is 63.6 Å². The Bertz CT molecular complexity index is 958. The fourth-order valence-corrected chi connectivity index (χ4v) is 3.92. The molecule has 3 rings (SSSR count). The second kappa shape index (κ2) is 10.5. The number of methoxy groups -OCH3 is 1. The van der Waals surface area contributed by atoms with Gasteiger partial charge in [0, 0.05) is 37.7 Å². The lowest BCUT2D eigenvalue weighted by Gasteiger charge is -2.31. The van der Waals surface area contributed by atoms with E-state index in [4.69, 9.17) is 4.74 Å². The molecule has 0 radical (unpaired) electrons. The Kier molecular flexibility index (Phi) is 7.74. The van der Waals surface area contributed by atoms with Gasteiger partial charge in [0.25, 0.3) is 11.5 Å². The van der Waals surface area contributed by atoms with Crippen LogP contribution in [0, 0.1) is 11.8 Å². The molecule has 2 heterocycles. The molecule has 2 aromatic rings. The summed E-state index contributed by atoms with van der Waals surface area (Å²) in [5, 5.41) is 4.18. The van der Waals surface area contributed by atoms with E-state index in [0.717, 1.165) is 12.0 Å². The number of likely N-dealkylation sites (tertiary alicyclic amines) is 1. The van der Waals surface area contributed by atoms with Crippen LogP contribution >= 0.6 is 0 Å².